The van der Waals surface area contributed by atoms with E-state index in [-0.39, 0.29) is 12.2 Å². The van der Waals surface area contributed by atoms with Gasteiger partial charge in [0.2, 0.25) is 6.23 Å². The molecule has 0 heterocycles. The summed E-state index contributed by atoms with van der Waals surface area (Å²) in [7, 11) is 0. The van der Waals surface area contributed by atoms with Crippen LogP contribution >= 0.6 is 0 Å². The lowest BCUT2D eigenvalue weighted by Gasteiger charge is -2.42. The molecule has 0 aliphatic rings. The van der Waals surface area contributed by atoms with Crippen LogP contribution < -0.4 is 0 Å². The van der Waals surface area contributed by atoms with Crippen molar-refractivity contribution in [2.45, 2.75) is 92.2 Å². The molecule has 0 rings (SSSR count). The number of carbonyl (C=O) groups excluding carboxylic acids is 1. The fourth-order valence-corrected chi connectivity index (χ4v) is 3.23. The van der Waals surface area contributed by atoms with Crippen molar-refractivity contribution in [1.82, 2.24) is 0 Å². The first-order valence-corrected chi connectivity index (χ1v) is 9.69. The van der Waals surface area contributed by atoms with Gasteiger partial charge in [0.05, 0.1) is 19.6 Å². The number of esters is 1. The van der Waals surface area contributed by atoms with Crippen molar-refractivity contribution in [2.75, 3.05) is 19.6 Å². The normalized spacial score (nSPS) is 12.9. The van der Waals surface area contributed by atoms with Crippen LogP contribution in [0.25, 0.3) is 0 Å². The second-order valence-corrected chi connectivity index (χ2v) is 6.72. The molecular weight excluding hydrogens is 286 g/mol. The van der Waals surface area contributed by atoms with Crippen LogP contribution in [0.4, 0.5) is 0 Å². The van der Waals surface area contributed by atoms with E-state index in [9.17, 15) is 4.79 Å². The molecule has 3 heteroatoms. The Morgan fingerprint density at radius 2 is 1.39 bits per heavy atom. The molecule has 0 aliphatic heterocycles. The zero-order chi connectivity index (χ0) is 17.7. The van der Waals surface area contributed by atoms with Crippen molar-refractivity contribution in [2.24, 2.45) is 0 Å². The quantitative estimate of drug-likeness (QED) is 0.139. The molecule has 3 nitrogen and oxygen atoms in total. The van der Waals surface area contributed by atoms with Crippen LogP contribution in [-0.4, -0.2) is 36.3 Å². The largest absolute Gasteiger partial charge is 0.409 e. The van der Waals surface area contributed by atoms with Crippen molar-refractivity contribution < 1.29 is 14.0 Å². The number of hydrogen-bond acceptors (Lipinski definition) is 2. The fourth-order valence-electron chi connectivity index (χ4n) is 3.23. The fraction of sp³-hybridized carbons (Fsp3) is 0.850. The summed E-state index contributed by atoms with van der Waals surface area (Å²) in [4.78, 5) is 12.0. The molecule has 0 bridgehead atoms. The molecule has 0 aliphatic carbocycles. The van der Waals surface area contributed by atoms with Crippen LogP contribution in [0.15, 0.2) is 12.2 Å². The summed E-state index contributed by atoms with van der Waals surface area (Å²) in [5.41, 5.74) is 0.496. The Balaban J connectivity index is 4.55. The van der Waals surface area contributed by atoms with Crippen molar-refractivity contribution in [1.29, 1.82) is 0 Å². The van der Waals surface area contributed by atoms with Gasteiger partial charge in [0, 0.05) is 12.0 Å². The average molecular weight is 327 g/mol. The van der Waals surface area contributed by atoms with Gasteiger partial charge in [-0.2, -0.15) is 0 Å². The highest BCUT2D eigenvalue weighted by Crippen LogP contribution is 2.22. The molecule has 0 N–H and O–H groups in total. The van der Waals surface area contributed by atoms with Crippen LogP contribution in [0.3, 0.4) is 0 Å². The lowest BCUT2D eigenvalue weighted by molar-refractivity contribution is -0.965. The third-order valence-electron chi connectivity index (χ3n) is 5.15. The summed E-state index contributed by atoms with van der Waals surface area (Å²) < 4.78 is 6.68. The molecule has 0 saturated heterocycles. The van der Waals surface area contributed by atoms with Gasteiger partial charge in [-0.25, -0.2) is 4.79 Å². The maximum atomic E-state index is 12.0. The third-order valence-corrected chi connectivity index (χ3v) is 5.15. The van der Waals surface area contributed by atoms with E-state index in [1.165, 1.54) is 38.5 Å². The minimum atomic E-state index is -0.240. The Morgan fingerprint density at radius 3 is 1.83 bits per heavy atom. The summed E-state index contributed by atoms with van der Waals surface area (Å²) in [6, 6.07) is 0. The highest BCUT2D eigenvalue weighted by Gasteiger charge is 2.35. The Kier molecular flexibility index (Phi) is 12.1. The number of hydrogen-bond donors (Lipinski definition) is 0. The summed E-state index contributed by atoms with van der Waals surface area (Å²) in [6.45, 7) is 17.3. The average Bonchev–Trinajstić information content (AvgIpc) is 2.55. The molecule has 0 aromatic carbocycles. The topological polar surface area (TPSA) is 26.3 Å². The molecule has 0 spiro atoms. The molecule has 0 radical (unpaired) electrons. The van der Waals surface area contributed by atoms with Crippen LogP contribution in [0.1, 0.15) is 86.0 Å². The third kappa shape index (κ3) is 8.01. The highest BCUT2D eigenvalue weighted by atomic mass is 16.6. The van der Waals surface area contributed by atoms with Crippen molar-refractivity contribution in [3.63, 3.8) is 0 Å². The van der Waals surface area contributed by atoms with E-state index in [1.54, 1.807) is 6.92 Å². The van der Waals surface area contributed by atoms with Crippen LogP contribution in [0.2, 0.25) is 0 Å². The van der Waals surface area contributed by atoms with Gasteiger partial charge >= 0.3 is 5.97 Å². The molecule has 0 aromatic heterocycles. The lowest BCUT2D eigenvalue weighted by atomic mass is 10.1. The van der Waals surface area contributed by atoms with E-state index in [0.29, 0.717) is 5.57 Å². The van der Waals surface area contributed by atoms with Gasteiger partial charge in [0.25, 0.3) is 0 Å². The van der Waals surface area contributed by atoms with Gasteiger partial charge in [0.1, 0.15) is 0 Å². The second kappa shape index (κ2) is 12.6. The predicted molar refractivity (Wildman–Crippen MR) is 99.2 cm³/mol. The van der Waals surface area contributed by atoms with E-state index in [2.05, 4.69) is 34.3 Å². The SMILES string of the molecule is C=C(C)C(=O)OC(CCCCCCCCC)[N+](CC)(CC)CC. The maximum Gasteiger partial charge on any atom is 0.337 e. The van der Waals surface area contributed by atoms with Crippen LogP contribution in [0, 0.1) is 0 Å². The first kappa shape index (κ1) is 22.2. The molecule has 1 unspecified atom stereocenters. The summed E-state index contributed by atoms with van der Waals surface area (Å²) in [6.07, 6.45) is 9.93. The first-order chi connectivity index (χ1) is 11.0. The number of rotatable bonds is 14. The number of quaternary nitrogens is 1. The van der Waals surface area contributed by atoms with Crippen molar-refractivity contribution in [3.05, 3.63) is 12.2 Å². The number of carbonyl (C=O) groups is 1. The molecule has 23 heavy (non-hydrogen) atoms. The predicted octanol–water partition coefficient (Wildman–Crippen LogP) is 5.45. The van der Waals surface area contributed by atoms with Gasteiger partial charge in [-0.15, -0.1) is 0 Å². The Bertz CT molecular complexity index is 326. The van der Waals surface area contributed by atoms with Crippen LogP contribution in [-0.2, 0) is 9.53 Å². The molecule has 0 saturated carbocycles. The Morgan fingerprint density at radius 1 is 0.913 bits per heavy atom. The van der Waals surface area contributed by atoms with Gasteiger partial charge in [-0.3, -0.25) is 4.48 Å². The Hall–Kier alpha value is -0.830. The van der Waals surface area contributed by atoms with Crippen molar-refractivity contribution >= 4 is 5.97 Å². The molecule has 1 atom stereocenters. The highest BCUT2D eigenvalue weighted by molar-refractivity contribution is 5.86. The molecule has 0 amide bonds. The van der Waals surface area contributed by atoms with Gasteiger partial charge in [-0.05, 0) is 34.1 Å². The molecule has 0 fully saturated rings. The van der Waals surface area contributed by atoms with E-state index >= 15 is 0 Å². The van der Waals surface area contributed by atoms with Crippen LogP contribution in [0.5, 0.6) is 0 Å². The molecular formula is C20H40NO2+. The summed E-state index contributed by atoms with van der Waals surface area (Å²) in [5, 5.41) is 0. The standard InChI is InChI=1S/C20H40NO2/c1-7-11-12-13-14-15-16-17-19(23-20(22)18(5)6)21(8-2,9-3)10-4/h19H,5,7-17H2,1-4,6H3/q+1. The smallest absolute Gasteiger partial charge is 0.337 e. The van der Waals surface area contributed by atoms with Gasteiger partial charge < -0.3 is 4.74 Å². The second-order valence-electron chi connectivity index (χ2n) is 6.72. The molecule has 0 aromatic rings. The van der Waals surface area contributed by atoms with E-state index in [0.717, 1.165) is 37.0 Å². The maximum absolute atomic E-state index is 12.0. The van der Waals surface area contributed by atoms with Gasteiger partial charge in [-0.1, -0.05) is 52.0 Å². The number of ether oxygens (including phenoxy) is 1. The van der Waals surface area contributed by atoms with E-state index in [4.69, 9.17) is 4.74 Å². The minimum Gasteiger partial charge on any atom is -0.409 e. The van der Waals surface area contributed by atoms with Crippen molar-refractivity contribution in [3.8, 4) is 0 Å². The Labute approximate surface area is 144 Å². The van der Waals surface area contributed by atoms with Gasteiger partial charge in [0.15, 0.2) is 0 Å². The summed E-state index contributed by atoms with van der Waals surface area (Å²) in [5.74, 6) is -0.240. The van der Waals surface area contributed by atoms with E-state index in [1.807, 2.05) is 0 Å². The number of nitrogens with zero attached hydrogens (tertiary/aromatic N) is 1. The monoisotopic (exact) mass is 326 g/mol. The lowest BCUT2D eigenvalue weighted by Crippen LogP contribution is -2.56. The zero-order valence-corrected chi connectivity index (χ0v) is 16.3. The molecule has 136 valence electrons. The zero-order valence-electron chi connectivity index (χ0n) is 16.3. The number of unbranched alkanes of at least 4 members (excludes halogenated alkanes) is 6. The summed E-state index contributed by atoms with van der Waals surface area (Å²) >= 11 is 0. The minimum absolute atomic E-state index is 0.0326. The van der Waals surface area contributed by atoms with E-state index < -0.39 is 0 Å². The first-order valence-electron chi connectivity index (χ1n) is 9.69.